The van der Waals surface area contributed by atoms with Gasteiger partial charge in [-0.25, -0.2) is 0 Å². The number of hydrogen-bond acceptors (Lipinski definition) is 18. The average molecular weight is 844 g/mol. The van der Waals surface area contributed by atoms with Crippen molar-refractivity contribution < 1.29 is 65.4 Å². The van der Waals surface area contributed by atoms with Gasteiger partial charge in [-0.2, -0.15) is 0 Å². The molecule has 0 bridgehead atoms. The number of oxime groups is 6. The number of nitrogens with zero attached hydrogens (tertiary/aromatic N) is 12. The topological polar surface area (TPSA) is 273 Å². The Bertz CT molecular complexity index is 1550. The van der Waals surface area contributed by atoms with E-state index in [1.165, 1.54) is 37.3 Å². The van der Waals surface area contributed by atoms with Gasteiger partial charge in [0.05, 0.1) is 71.5 Å². The van der Waals surface area contributed by atoms with Crippen LogP contribution in [0.15, 0.2) is 177 Å². The van der Waals surface area contributed by atoms with E-state index < -0.39 is 0 Å². The molecule has 6 rings (SSSR count). The SMILES string of the molecule is ON=Cc1ccccn1.ON=Cc1ccccn1.ON=Cc1ccccn1.ON=Cc1ccccn1.ON=Cc1ccccn1.ON=Cc1ccccn1.[Fe].[Fe]. The molecule has 0 radical (unpaired) electrons. The van der Waals surface area contributed by atoms with Crippen LogP contribution in [0.25, 0.3) is 0 Å². The fraction of sp³-hybridized carbons (Fsp3) is 0. The second kappa shape index (κ2) is 37.5. The van der Waals surface area contributed by atoms with Gasteiger partial charge < -0.3 is 31.2 Å². The third-order valence-electron chi connectivity index (χ3n) is 5.27. The van der Waals surface area contributed by atoms with Gasteiger partial charge in [0.25, 0.3) is 0 Å². The summed E-state index contributed by atoms with van der Waals surface area (Å²) >= 11 is 0. The Morgan fingerprint density at radius 2 is 0.411 bits per heavy atom. The first kappa shape index (κ1) is 50.9. The Kier molecular flexibility index (Phi) is 34.1. The maximum Gasteiger partial charge on any atom is 0.0918 e. The van der Waals surface area contributed by atoms with E-state index >= 15 is 0 Å². The smallest absolute Gasteiger partial charge is 0.0918 e. The van der Waals surface area contributed by atoms with Crippen molar-refractivity contribution in [2.45, 2.75) is 0 Å². The summed E-state index contributed by atoms with van der Waals surface area (Å²) in [4.78, 5) is 23.2. The monoisotopic (exact) mass is 844 g/mol. The first-order valence-electron chi connectivity index (χ1n) is 15.1. The fourth-order valence-corrected chi connectivity index (χ4v) is 3.07. The quantitative estimate of drug-likeness (QED) is 0.0537. The Hall–Kier alpha value is -7.24. The standard InChI is InChI=1S/6C6H6N2O.2Fe/c6*9-8-5-6-3-1-2-4-7-6;;/h6*1-5,9H;;. The summed E-state index contributed by atoms with van der Waals surface area (Å²) in [6.07, 6.45) is 17.5. The molecule has 56 heavy (non-hydrogen) atoms. The molecule has 0 amide bonds. The van der Waals surface area contributed by atoms with Gasteiger partial charge in [-0.3, -0.25) is 29.9 Å². The van der Waals surface area contributed by atoms with Crippen LogP contribution in [-0.4, -0.2) is 98.4 Å². The first-order valence-corrected chi connectivity index (χ1v) is 15.1. The van der Waals surface area contributed by atoms with Gasteiger partial charge in [0.2, 0.25) is 0 Å². The van der Waals surface area contributed by atoms with Crippen LogP contribution in [0, 0.1) is 0 Å². The maximum atomic E-state index is 8.05. The summed E-state index contributed by atoms with van der Waals surface area (Å²) in [5.41, 5.74) is 3.92. The number of rotatable bonds is 6. The van der Waals surface area contributed by atoms with E-state index in [1.807, 2.05) is 36.4 Å². The van der Waals surface area contributed by atoms with E-state index in [0.717, 1.165) is 0 Å². The van der Waals surface area contributed by atoms with Gasteiger partial charge in [0, 0.05) is 71.3 Å². The number of hydrogen-bond donors (Lipinski definition) is 6. The van der Waals surface area contributed by atoms with Crippen LogP contribution in [0.1, 0.15) is 34.2 Å². The van der Waals surface area contributed by atoms with Crippen LogP contribution in [0.4, 0.5) is 0 Å². The molecule has 6 N–H and O–H groups in total. The second-order valence-electron chi connectivity index (χ2n) is 9.00. The maximum absolute atomic E-state index is 8.05. The molecule has 0 aliphatic heterocycles. The van der Waals surface area contributed by atoms with E-state index in [-0.39, 0.29) is 34.1 Å². The second-order valence-corrected chi connectivity index (χ2v) is 9.00. The van der Waals surface area contributed by atoms with Gasteiger partial charge in [0.1, 0.15) is 0 Å². The Balaban J connectivity index is 0. The fourth-order valence-electron chi connectivity index (χ4n) is 3.07. The summed E-state index contributed by atoms with van der Waals surface area (Å²) in [7, 11) is 0. The third kappa shape index (κ3) is 28.4. The van der Waals surface area contributed by atoms with Gasteiger partial charge >= 0.3 is 0 Å². The van der Waals surface area contributed by atoms with Gasteiger partial charge in [-0.1, -0.05) is 67.3 Å². The molecule has 18 nitrogen and oxygen atoms in total. The predicted molar refractivity (Wildman–Crippen MR) is 202 cm³/mol. The molecule has 0 aromatic carbocycles. The van der Waals surface area contributed by atoms with Crippen molar-refractivity contribution in [2.75, 3.05) is 0 Å². The molecule has 292 valence electrons. The first-order chi connectivity index (χ1) is 26.6. The van der Waals surface area contributed by atoms with Gasteiger partial charge in [-0.15, -0.1) is 0 Å². The summed E-state index contributed by atoms with van der Waals surface area (Å²) in [6.45, 7) is 0. The molecule has 0 saturated heterocycles. The number of pyridine rings is 6. The van der Waals surface area contributed by atoms with E-state index in [0.29, 0.717) is 34.2 Å². The molecule has 0 atom stereocenters. The molecule has 0 unspecified atom stereocenters. The largest absolute Gasteiger partial charge is 0.411 e. The summed E-state index contributed by atoms with van der Waals surface area (Å²) in [6, 6.07) is 32.2. The average Bonchev–Trinajstić information content (AvgIpc) is 3.22. The van der Waals surface area contributed by atoms with Crippen LogP contribution >= 0.6 is 0 Å². The van der Waals surface area contributed by atoms with Crippen LogP contribution in [0.3, 0.4) is 0 Å². The molecule has 6 aromatic heterocycles. The molecule has 6 heterocycles. The molecule has 0 saturated carbocycles. The minimum absolute atomic E-state index is 0. The Morgan fingerprint density at radius 3 is 0.500 bits per heavy atom. The Morgan fingerprint density at radius 1 is 0.268 bits per heavy atom. The van der Waals surface area contributed by atoms with Crippen LogP contribution in [-0.2, 0) is 34.1 Å². The summed E-state index contributed by atoms with van der Waals surface area (Å²) in [5.74, 6) is 0. The van der Waals surface area contributed by atoms with Crippen molar-refractivity contribution in [3.8, 4) is 0 Å². The molecule has 0 spiro atoms. The minimum atomic E-state index is 0. The van der Waals surface area contributed by atoms with Crippen LogP contribution in [0.2, 0.25) is 0 Å². The molecule has 6 aromatic rings. The van der Waals surface area contributed by atoms with Crippen molar-refractivity contribution in [1.82, 2.24) is 29.9 Å². The normalized spacial score (nSPS) is 9.86. The Labute approximate surface area is 342 Å². The molecule has 0 aliphatic carbocycles. The van der Waals surface area contributed by atoms with Crippen molar-refractivity contribution in [2.24, 2.45) is 30.9 Å². The molecular weight excluding hydrogens is 808 g/mol. The van der Waals surface area contributed by atoms with Crippen molar-refractivity contribution in [1.29, 1.82) is 0 Å². The predicted octanol–water partition coefficient (Wildman–Crippen LogP) is 5.33. The van der Waals surface area contributed by atoms with Gasteiger partial charge in [-0.05, 0) is 72.8 Å². The molecule has 20 heteroatoms. The molecular formula is C36H36Fe2N12O6. The van der Waals surface area contributed by atoms with E-state index in [9.17, 15) is 0 Å². The minimum Gasteiger partial charge on any atom is -0.411 e. The van der Waals surface area contributed by atoms with Crippen LogP contribution < -0.4 is 0 Å². The zero-order chi connectivity index (χ0) is 39.2. The molecule has 0 fully saturated rings. The van der Waals surface area contributed by atoms with E-state index in [4.69, 9.17) is 31.2 Å². The number of aromatic nitrogens is 6. The van der Waals surface area contributed by atoms with Crippen molar-refractivity contribution >= 4 is 37.3 Å². The van der Waals surface area contributed by atoms with Crippen molar-refractivity contribution in [3.63, 3.8) is 0 Å². The van der Waals surface area contributed by atoms with E-state index in [2.05, 4.69) is 60.8 Å². The summed E-state index contributed by atoms with van der Waals surface area (Å²) < 4.78 is 0. The molecule has 0 aliphatic rings. The summed E-state index contributed by atoms with van der Waals surface area (Å²) in [5, 5.41) is 65.2. The van der Waals surface area contributed by atoms with Crippen molar-refractivity contribution in [3.05, 3.63) is 181 Å². The third-order valence-corrected chi connectivity index (χ3v) is 5.27. The van der Waals surface area contributed by atoms with Crippen LogP contribution in [0.5, 0.6) is 0 Å². The van der Waals surface area contributed by atoms with E-state index in [1.54, 1.807) is 110 Å². The zero-order valence-corrected chi connectivity index (χ0v) is 31.3. The van der Waals surface area contributed by atoms with Gasteiger partial charge in [0.15, 0.2) is 0 Å². The zero-order valence-electron chi connectivity index (χ0n) is 29.1.